The molecule has 4 heteroatoms. The predicted octanol–water partition coefficient (Wildman–Crippen LogP) is 4.69. The number of amides is 1. The van der Waals surface area contributed by atoms with E-state index < -0.39 is 0 Å². The Morgan fingerprint density at radius 1 is 0.964 bits per heavy atom. The van der Waals surface area contributed by atoms with Crippen LogP contribution in [0.5, 0.6) is 0 Å². The van der Waals surface area contributed by atoms with E-state index in [4.69, 9.17) is 0 Å². The van der Waals surface area contributed by atoms with Gasteiger partial charge in [0.15, 0.2) is 0 Å². The normalized spacial score (nSPS) is 13.6. The first-order valence-corrected chi connectivity index (χ1v) is 9.40. The summed E-state index contributed by atoms with van der Waals surface area (Å²) in [6.45, 7) is 0.682. The number of aromatic amines is 1. The van der Waals surface area contributed by atoms with Crippen molar-refractivity contribution >= 4 is 28.8 Å². The van der Waals surface area contributed by atoms with Crippen LogP contribution in [0.15, 0.2) is 66.9 Å². The molecule has 2 N–H and O–H groups in total. The average Bonchev–Trinajstić information content (AvgIpc) is 3.18. The molecule has 4 aromatic rings. The highest BCUT2D eigenvalue weighted by Gasteiger charge is 2.19. The van der Waals surface area contributed by atoms with Gasteiger partial charge >= 0.3 is 0 Å². The third-order valence-corrected chi connectivity index (χ3v) is 5.15. The van der Waals surface area contributed by atoms with E-state index in [1.807, 2.05) is 24.3 Å². The van der Waals surface area contributed by atoms with Gasteiger partial charge in [0.2, 0.25) is 0 Å². The van der Waals surface area contributed by atoms with Crippen LogP contribution in [0.2, 0.25) is 0 Å². The van der Waals surface area contributed by atoms with Crippen LogP contribution in [0.25, 0.3) is 34.2 Å². The molecule has 0 radical (unpaired) electrons. The Hall–Kier alpha value is -3.66. The molecular formula is C24H19N3O. The Morgan fingerprint density at radius 3 is 2.79 bits per heavy atom. The van der Waals surface area contributed by atoms with E-state index in [-0.39, 0.29) is 5.91 Å². The predicted molar refractivity (Wildman–Crippen MR) is 113 cm³/mol. The minimum atomic E-state index is -0.00567. The van der Waals surface area contributed by atoms with Gasteiger partial charge < -0.3 is 10.3 Å². The fraction of sp³-hybridized carbons (Fsp3) is 0.0833. The monoisotopic (exact) mass is 365 g/mol. The van der Waals surface area contributed by atoms with Crippen LogP contribution in [0.1, 0.15) is 27.3 Å². The number of pyridine rings is 1. The van der Waals surface area contributed by atoms with E-state index in [2.05, 4.69) is 63.8 Å². The number of hydrogen-bond acceptors (Lipinski definition) is 2. The summed E-state index contributed by atoms with van der Waals surface area (Å²) in [4.78, 5) is 19.9. The summed E-state index contributed by atoms with van der Waals surface area (Å²) in [5, 5.41) is 5.33. The molecule has 3 heterocycles. The van der Waals surface area contributed by atoms with Crippen LogP contribution < -0.4 is 5.32 Å². The van der Waals surface area contributed by atoms with Gasteiger partial charge in [0, 0.05) is 36.1 Å². The maximum atomic E-state index is 12.0. The van der Waals surface area contributed by atoms with Gasteiger partial charge in [-0.25, -0.2) is 0 Å². The smallest absolute Gasteiger partial charge is 0.253 e. The Bertz CT molecular complexity index is 1210. The van der Waals surface area contributed by atoms with Gasteiger partial charge in [-0.1, -0.05) is 48.5 Å². The molecule has 4 nitrogen and oxygen atoms in total. The zero-order valence-corrected chi connectivity index (χ0v) is 15.3. The van der Waals surface area contributed by atoms with Crippen molar-refractivity contribution in [1.29, 1.82) is 0 Å². The van der Waals surface area contributed by atoms with E-state index in [1.54, 1.807) is 6.20 Å². The molecule has 2 aromatic heterocycles. The molecule has 1 amide bonds. The summed E-state index contributed by atoms with van der Waals surface area (Å²) in [5.74, 6) is -0.00567. The zero-order chi connectivity index (χ0) is 18.9. The number of rotatable bonds is 3. The second-order valence-electron chi connectivity index (χ2n) is 6.95. The van der Waals surface area contributed by atoms with Crippen molar-refractivity contribution in [2.75, 3.05) is 6.54 Å². The van der Waals surface area contributed by atoms with Crippen molar-refractivity contribution in [1.82, 2.24) is 15.3 Å². The van der Waals surface area contributed by atoms with Gasteiger partial charge in [0.25, 0.3) is 5.91 Å². The summed E-state index contributed by atoms with van der Waals surface area (Å²) in [6.07, 6.45) is 6.76. The minimum absolute atomic E-state index is 0.00567. The molecule has 1 aliphatic rings. The highest BCUT2D eigenvalue weighted by molar-refractivity contribution is 5.98. The Balaban J connectivity index is 1.48. The van der Waals surface area contributed by atoms with Gasteiger partial charge in [0.05, 0.1) is 11.3 Å². The molecule has 0 saturated carbocycles. The first kappa shape index (κ1) is 16.5. The SMILES string of the molecule is O=C1NCCc2[nH]c(-c3ccnc(/C=C/c4cccc5ccccc45)c3)cc21. The molecule has 0 unspecified atom stereocenters. The summed E-state index contributed by atoms with van der Waals surface area (Å²) in [6, 6.07) is 20.6. The van der Waals surface area contributed by atoms with Crippen LogP contribution in [-0.4, -0.2) is 22.4 Å². The number of fused-ring (bicyclic) bond motifs is 2. The number of hydrogen-bond donors (Lipinski definition) is 2. The molecule has 136 valence electrons. The lowest BCUT2D eigenvalue weighted by molar-refractivity contribution is 0.0946. The molecule has 0 aliphatic carbocycles. The largest absolute Gasteiger partial charge is 0.358 e. The second-order valence-corrected chi connectivity index (χ2v) is 6.95. The zero-order valence-electron chi connectivity index (χ0n) is 15.3. The van der Waals surface area contributed by atoms with Crippen molar-refractivity contribution in [3.63, 3.8) is 0 Å². The van der Waals surface area contributed by atoms with Gasteiger partial charge in [-0.2, -0.15) is 0 Å². The lowest BCUT2D eigenvalue weighted by Gasteiger charge is -2.10. The molecule has 2 aromatic carbocycles. The third kappa shape index (κ3) is 2.99. The Labute approximate surface area is 162 Å². The maximum Gasteiger partial charge on any atom is 0.253 e. The van der Waals surface area contributed by atoms with Gasteiger partial charge in [-0.15, -0.1) is 0 Å². The molecule has 0 saturated heterocycles. The lowest BCUT2D eigenvalue weighted by Crippen LogP contribution is -2.31. The number of carbonyl (C=O) groups is 1. The molecular weight excluding hydrogens is 346 g/mol. The summed E-state index contributed by atoms with van der Waals surface area (Å²) < 4.78 is 0. The van der Waals surface area contributed by atoms with Crippen LogP contribution in [0, 0.1) is 0 Å². The summed E-state index contributed by atoms with van der Waals surface area (Å²) in [7, 11) is 0. The molecule has 0 bridgehead atoms. The number of benzene rings is 2. The van der Waals surface area contributed by atoms with Crippen molar-refractivity contribution in [3.8, 4) is 11.3 Å². The van der Waals surface area contributed by atoms with Crippen LogP contribution in [0.4, 0.5) is 0 Å². The standard InChI is InChI=1S/C24H19N3O/c28-24-21-15-23(27-22(21)11-13-26-24)18-10-12-25-19(14-18)9-8-17-6-3-5-16-4-1-2-7-20(16)17/h1-10,12,14-15,27H,11,13H2,(H,26,28)/b9-8+. The van der Waals surface area contributed by atoms with Crippen LogP contribution >= 0.6 is 0 Å². The van der Waals surface area contributed by atoms with Crippen molar-refractivity contribution in [2.24, 2.45) is 0 Å². The molecule has 0 fully saturated rings. The van der Waals surface area contributed by atoms with Gasteiger partial charge in [-0.05, 0) is 40.6 Å². The van der Waals surface area contributed by atoms with Crippen molar-refractivity contribution in [3.05, 3.63) is 89.4 Å². The van der Waals surface area contributed by atoms with Crippen LogP contribution in [0.3, 0.4) is 0 Å². The number of aromatic nitrogens is 2. The van der Waals surface area contributed by atoms with Crippen LogP contribution in [-0.2, 0) is 6.42 Å². The number of H-pyrrole nitrogens is 1. The summed E-state index contributed by atoms with van der Waals surface area (Å²) >= 11 is 0. The molecule has 1 aliphatic heterocycles. The van der Waals surface area contributed by atoms with Gasteiger partial charge in [0.1, 0.15) is 0 Å². The number of nitrogens with zero attached hydrogens (tertiary/aromatic N) is 1. The fourth-order valence-electron chi connectivity index (χ4n) is 3.73. The molecule has 0 atom stereocenters. The van der Waals surface area contributed by atoms with E-state index >= 15 is 0 Å². The van der Waals surface area contributed by atoms with E-state index in [1.165, 1.54) is 10.8 Å². The Kier molecular flexibility index (Phi) is 4.02. The summed E-state index contributed by atoms with van der Waals surface area (Å²) in [5.41, 5.74) is 5.76. The minimum Gasteiger partial charge on any atom is -0.358 e. The highest BCUT2D eigenvalue weighted by atomic mass is 16.1. The third-order valence-electron chi connectivity index (χ3n) is 5.15. The van der Waals surface area contributed by atoms with E-state index in [0.717, 1.165) is 40.2 Å². The maximum absolute atomic E-state index is 12.0. The van der Waals surface area contributed by atoms with E-state index in [0.29, 0.717) is 6.54 Å². The Morgan fingerprint density at radius 2 is 1.86 bits per heavy atom. The second kappa shape index (κ2) is 6.82. The quantitative estimate of drug-likeness (QED) is 0.553. The molecule has 5 rings (SSSR count). The first-order valence-electron chi connectivity index (χ1n) is 9.40. The number of carbonyl (C=O) groups excluding carboxylic acids is 1. The van der Waals surface area contributed by atoms with E-state index in [9.17, 15) is 4.79 Å². The highest BCUT2D eigenvalue weighted by Crippen LogP contribution is 2.25. The number of nitrogens with one attached hydrogen (secondary N) is 2. The average molecular weight is 365 g/mol. The fourth-order valence-corrected chi connectivity index (χ4v) is 3.73. The first-order chi connectivity index (χ1) is 13.8. The lowest BCUT2D eigenvalue weighted by atomic mass is 10.0. The van der Waals surface area contributed by atoms with Crippen molar-refractivity contribution < 1.29 is 4.79 Å². The van der Waals surface area contributed by atoms with Gasteiger partial charge in [-0.3, -0.25) is 9.78 Å². The molecule has 28 heavy (non-hydrogen) atoms. The molecule has 0 spiro atoms. The topological polar surface area (TPSA) is 57.8 Å². The van der Waals surface area contributed by atoms with Crippen molar-refractivity contribution in [2.45, 2.75) is 6.42 Å².